The van der Waals surface area contributed by atoms with Crippen LogP contribution in [0.25, 0.3) is 10.8 Å². The van der Waals surface area contributed by atoms with E-state index >= 15 is 0 Å². The van der Waals surface area contributed by atoms with E-state index in [9.17, 15) is 4.79 Å². The van der Waals surface area contributed by atoms with Gasteiger partial charge in [-0.1, -0.05) is 42.5 Å². The maximum atomic E-state index is 12.5. The molecule has 0 unspecified atom stereocenters. The van der Waals surface area contributed by atoms with Crippen molar-refractivity contribution in [2.75, 3.05) is 0 Å². The van der Waals surface area contributed by atoms with Crippen molar-refractivity contribution in [1.29, 1.82) is 0 Å². The molecule has 0 atom stereocenters. The predicted octanol–water partition coefficient (Wildman–Crippen LogP) is 4.89. The number of hydrogen-bond acceptors (Lipinski definition) is 2. The molecule has 18 heavy (non-hydrogen) atoms. The first kappa shape index (κ1) is 11.6. The van der Waals surface area contributed by atoms with E-state index in [1.54, 1.807) is 0 Å². The summed E-state index contributed by atoms with van der Waals surface area (Å²) in [7, 11) is 0. The summed E-state index contributed by atoms with van der Waals surface area (Å²) in [5.41, 5.74) is 1.49. The molecule has 3 rings (SSSR count). The Hall–Kier alpha value is -1.45. The Morgan fingerprint density at radius 3 is 2.50 bits per heavy atom. The van der Waals surface area contributed by atoms with E-state index in [-0.39, 0.29) is 5.78 Å². The van der Waals surface area contributed by atoms with Crippen LogP contribution >= 0.6 is 27.3 Å². The summed E-state index contributed by atoms with van der Waals surface area (Å²) in [5.74, 6) is 0.0694. The largest absolute Gasteiger partial charge is 0.289 e. The molecule has 1 heterocycles. The third-order valence-electron chi connectivity index (χ3n) is 2.89. The second kappa shape index (κ2) is 4.67. The van der Waals surface area contributed by atoms with E-state index in [2.05, 4.69) is 15.9 Å². The highest BCUT2D eigenvalue weighted by Gasteiger charge is 2.15. The van der Waals surface area contributed by atoms with Crippen molar-refractivity contribution in [2.24, 2.45) is 0 Å². The van der Waals surface area contributed by atoms with Crippen molar-refractivity contribution in [3.8, 4) is 0 Å². The molecule has 0 saturated carbocycles. The molecule has 0 aliphatic carbocycles. The van der Waals surface area contributed by atoms with E-state index in [0.717, 1.165) is 26.4 Å². The SMILES string of the molecule is O=C(c1cscc1Br)c1cccc2ccccc12. The highest BCUT2D eigenvalue weighted by molar-refractivity contribution is 9.10. The summed E-state index contributed by atoms with van der Waals surface area (Å²) in [4.78, 5) is 12.5. The van der Waals surface area contributed by atoms with Crippen LogP contribution in [0, 0.1) is 0 Å². The van der Waals surface area contributed by atoms with Gasteiger partial charge in [-0.25, -0.2) is 0 Å². The second-order valence-corrected chi connectivity index (χ2v) is 5.59. The van der Waals surface area contributed by atoms with E-state index in [1.165, 1.54) is 11.3 Å². The molecule has 0 N–H and O–H groups in total. The quantitative estimate of drug-likeness (QED) is 0.615. The molecule has 2 aromatic carbocycles. The molecule has 1 nitrogen and oxygen atoms in total. The lowest BCUT2D eigenvalue weighted by atomic mass is 9.99. The third-order valence-corrected chi connectivity index (χ3v) is 4.60. The number of ketones is 1. The highest BCUT2D eigenvalue weighted by Crippen LogP contribution is 2.27. The second-order valence-electron chi connectivity index (χ2n) is 3.99. The number of halogens is 1. The van der Waals surface area contributed by atoms with Gasteiger partial charge in [0.2, 0.25) is 0 Å². The Balaban J connectivity index is 2.21. The van der Waals surface area contributed by atoms with Crippen molar-refractivity contribution >= 4 is 43.8 Å². The van der Waals surface area contributed by atoms with E-state index in [1.807, 2.05) is 53.2 Å². The van der Waals surface area contributed by atoms with Crippen molar-refractivity contribution in [2.45, 2.75) is 0 Å². The van der Waals surface area contributed by atoms with Crippen LogP contribution in [0.15, 0.2) is 57.7 Å². The topological polar surface area (TPSA) is 17.1 Å². The number of rotatable bonds is 2. The van der Waals surface area contributed by atoms with Gasteiger partial charge in [-0.3, -0.25) is 4.79 Å². The lowest BCUT2D eigenvalue weighted by molar-refractivity contribution is 0.104. The smallest absolute Gasteiger partial charge is 0.195 e. The number of hydrogen-bond donors (Lipinski definition) is 0. The summed E-state index contributed by atoms with van der Waals surface area (Å²) in [6.07, 6.45) is 0. The molecule has 0 aliphatic heterocycles. The fourth-order valence-corrected chi connectivity index (χ4v) is 3.47. The Kier molecular flexibility index (Phi) is 3.02. The predicted molar refractivity (Wildman–Crippen MR) is 79.4 cm³/mol. The summed E-state index contributed by atoms with van der Waals surface area (Å²) < 4.78 is 0.866. The molecule has 0 bridgehead atoms. The van der Waals surface area contributed by atoms with E-state index in [4.69, 9.17) is 0 Å². The van der Waals surface area contributed by atoms with Crippen molar-refractivity contribution in [3.63, 3.8) is 0 Å². The molecule has 0 saturated heterocycles. The van der Waals surface area contributed by atoms with Crippen LogP contribution in [0.5, 0.6) is 0 Å². The first-order valence-electron chi connectivity index (χ1n) is 5.51. The Morgan fingerprint density at radius 1 is 0.944 bits per heavy atom. The fraction of sp³-hybridized carbons (Fsp3) is 0. The van der Waals surface area contributed by atoms with Gasteiger partial charge in [0, 0.05) is 26.4 Å². The molecule has 0 radical (unpaired) electrons. The minimum atomic E-state index is 0.0694. The van der Waals surface area contributed by atoms with Gasteiger partial charge in [-0.2, -0.15) is 11.3 Å². The van der Waals surface area contributed by atoms with Gasteiger partial charge in [-0.05, 0) is 26.7 Å². The summed E-state index contributed by atoms with van der Waals surface area (Å²) in [6, 6.07) is 13.8. The maximum absolute atomic E-state index is 12.5. The van der Waals surface area contributed by atoms with Gasteiger partial charge in [0.15, 0.2) is 5.78 Å². The Morgan fingerprint density at radius 2 is 1.72 bits per heavy atom. The molecule has 0 spiro atoms. The van der Waals surface area contributed by atoms with Gasteiger partial charge in [0.05, 0.1) is 0 Å². The molecule has 0 aliphatic rings. The first-order chi connectivity index (χ1) is 8.77. The van der Waals surface area contributed by atoms with Gasteiger partial charge in [-0.15, -0.1) is 0 Å². The number of thiophene rings is 1. The molecule has 0 amide bonds. The molecule has 3 aromatic rings. The molecular weight excluding hydrogens is 308 g/mol. The number of carbonyl (C=O) groups excluding carboxylic acids is 1. The number of carbonyl (C=O) groups is 1. The standard InChI is InChI=1S/C15H9BrOS/c16-14-9-18-8-13(14)15(17)12-7-3-5-10-4-1-2-6-11(10)12/h1-9H. The average molecular weight is 317 g/mol. The van der Waals surface area contributed by atoms with Crippen molar-refractivity contribution < 1.29 is 4.79 Å². The summed E-state index contributed by atoms with van der Waals surface area (Å²) >= 11 is 4.94. The van der Waals surface area contributed by atoms with Crippen LogP contribution in [-0.2, 0) is 0 Å². The minimum Gasteiger partial charge on any atom is -0.289 e. The molecule has 3 heteroatoms. The van der Waals surface area contributed by atoms with Crippen molar-refractivity contribution in [3.05, 3.63) is 68.8 Å². The maximum Gasteiger partial charge on any atom is 0.195 e. The first-order valence-corrected chi connectivity index (χ1v) is 7.25. The van der Waals surface area contributed by atoms with Crippen LogP contribution in [-0.4, -0.2) is 5.78 Å². The molecule has 1 aromatic heterocycles. The van der Waals surface area contributed by atoms with Crippen LogP contribution in [0.4, 0.5) is 0 Å². The monoisotopic (exact) mass is 316 g/mol. The zero-order valence-electron chi connectivity index (χ0n) is 9.39. The van der Waals surface area contributed by atoms with Crippen LogP contribution in [0.1, 0.15) is 15.9 Å². The van der Waals surface area contributed by atoms with Crippen LogP contribution < -0.4 is 0 Å². The number of benzene rings is 2. The minimum absolute atomic E-state index is 0.0694. The highest BCUT2D eigenvalue weighted by atomic mass is 79.9. The summed E-state index contributed by atoms with van der Waals surface area (Å²) in [5, 5.41) is 5.91. The normalized spacial score (nSPS) is 10.7. The van der Waals surface area contributed by atoms with Crippen molar-refractivity contribution in [1.82, 2.24) is 0 Å². The zero-order valence-corrected chi connectivity index (χ0v) is 11.8. The van der Waals surface area contributed by atoms with Crippen LogP contribution in [0.2, 0.25) is 0 Å². The molecule has 0 fully saturated rings. The zero-order chi connectivity index (χ0) is 12.5. The third kappa shape index (κ3) is 1.89. The van der Waals surface area contributed by atoms with Crippen LogP contribution in [0.3, 0.4) is 0 Å². The Labute approximate surface area is 117 Å². The average Bonchev–Trinajstić information content (AvgIpc) is 2.83. The van der Waals surface area contributed by atoms with E-state index < -0.39 is 0 Å². The van der Waals surface area contributed by atoms with Gasteiger partial charge in [0.1, 0.15) is 0 Å². The van der Waals surface area contributed by atoms with Gasteiger partial charge >= 0.3 is 0 Å². The lowest BCUT2D eigenvalue weighted by Crippen LogP contribution is -2.01. The Bertz CT molecular complexity index is 725. The molecular formula is C15H9BrOS. The van der Waals surface area contributed by atoms with Gasteiger partial charge in [0.25, 0.3) is 0 Å². The summed E-state index contributed by atoms with van der Waals surface area (Å²) in [6.45, 7) is 0. The molecule has 88 valence electrons. The van der Waals surface area contributed by atoms with E-state index in [0.29, 0.717) is 0 Å². The lowest BCUT2D eigenvalue weighted by Gasteiger charge is -2.05. The van der Waals surface area contributed by atoms with Gasteiger partial charge < -0.3 is 0 Å². The number of fused-ring (bicyclic) bond motifs is 1. The fourth-order valence-electron chi connectivity index (χ4n) is 2.01.